The molecule has 0 aliphatic carbocycles. The van der Waals surface area contributed by atoms with Crippen molar-refractivity contribution in [2.24, 2.45) is 0 Å². The minimum absolute atomic E-state index is 0.604. The zero-order chi connectivity index (χ0) is 13.3. The van der Waals surface area contributed by atoms with Crippen molar-refractivity contribution >= 4 is 5.82 Å². The van der Waals surface area contributed by atoms with E-state index in [1.54, 1.807) is 6.07 Å². The highest BCUT2D eigenvalue weighted by Gasteiger charge is 2.29. The van der Waals surface area contributed by atoms with Crippen molar-refractivity contribution in [3.8, 4) is 11.1 Å². The van der Waals surface area contributed by atoms with Crippen LogP contribution in [0.15, 0.2) is 36.5 Å². The van der Waals surface area contributed by atoms with Crippen LogP contribution in [0.2, 0.25) is 0 Å². The number of halogens is 3. The van der Waals surface area contributed by atoms with Crippen LogP contribution in [0.3, 0.4) is 0 Å². The first-order valence-electron chi connectivity index (χ1n) is 5.55. The molecular formula is C13H13F3N2. The molecule has 0 saturated heterocycles. The number of nitrogen functional groups attached to an aromatic ring is 1. The molecule has 1 aromatic heterocycles. The van der Waals surface area contributed by atoms with Gasteiger partial charge in [-0.05, 0) is 30.7 Å². The summed E-state index contributed by atoms with van der Waals surface area (Å²) in [5.41, 5.74) is 6.67. The fraction of sp³-hybridized carbons (Fsp3) is 0.231. The first kappa shape index (κ1) is 12.5. The normalized spacial score (nSPS) is 11.8. The van der Waals surface area contributed by atoms with Crippen LogP contribution in [0.1, 0.15) is 12.5 Å². The van der Waals surface area contributed by atoms with E-state index >= 15 is 0 Å². The van der Waals surface area contributed by atoms with Crippen LogP contribution in [0, 0.1) is 0 Å². The van der Waals surface area contributed by atoms with Gasteiger partial charge in [0, 0.05) is 18.3 Å². The van der Waals surface area contributed by atoms with Gasteiger partial charge in [-0.3, -0.25) is 0 Å². The molecule has 96 valence electrons. The van der Waals surface area contributed by atoms with E-state index in [2.05, 4.69) is 0 Å². The largest absolute Gasteiger partial charge is 0.416 e. The van der Waals surface area contributed by atoms with Crippen molar-refractivity contribution in [2.45, 2.75) is 19.6 Å². The van der Waals surface area contributed by atoms with E-state index in [4.69, 9.17) is 5.73 Å². The van der Waals surface area contributed by atoms with Gasteiger partial charge in [0.05, 0.1) is 5.56 Å². The number of benzene rings is 1. The first-order chi connectivity index (χ1) is 8.41. The molecule has 0 aliphatic heterocycles. The third kappa shape index (κ3) is 2.34. The number of nitrogens with two attached hydrogens (primary N) is 1. The van der Waals surface area contributed by atoms with Crippen LogP contribution in [0.25, 0.3) is 11.1 Å². The summed E-state index contributed by atoms with van der Waals surface area (Å²) in [7, 11) is 0. The molecule has 0 bridgehead atoms. The van der Waals surface area contributed by atoms with E-state index in [0.717, 1.165) is 29.8 Å². The molecule has 1 heterocycles. The van der Waals surface area contributed by atoms with E-state index in [1.165, 1.54) is 12.1 Å². The van der Waals surface area contributed by atoms with Gasteiger partial charge in [-0.2, -0.15) is 13.2 Å². The number of anilines is 1. The highest BCUT2D eigenvalue weighted by atomic mass is 19.4. The number of alkyl halides is 3. The molecule has 0 spiro atoms. The van der Waals surface area contributed by atoms with Gasteiger partial charge in [-0.1, -0.05) is 12.1 Å². The summed E-state index contributed by atoms with van der Waals surface area (Å²) >= 11 is 0. The highest BCUT2D eigenvalue weighted by molar-refractivity contribution is 5.67. The molecule has 2 aromatic rings. The van der Waals surface area contributed by atoms with Gasteiger partial charge >= 0.3 is 6.18 Å². The Bertz CT molecular complexity index is 538. The van der Waals surface area contributed by atoms with Crippen molar-refractivity contribution < 1.29 is 13.2 Å². The summed E-state index contributed by atoms with van der Waals surface area (Å²) in [6.45, 7) is 2.68. The zero-order valence-electron chi connectivity index (χ0n) is 9.83. The van der Waals surface area contributed by atoms with Crippen LogP contribution in [-0.2, 0) is 12.7 Å². The van der Waals surface area contributed by atoms with E-state index < -0.39 is 11.7 Å². The molecule has 0 atom stereocenters. The molecule has 18 heavy (non-hydrogen) atoms. The average Bonchev–Trinajstić information content (AvgIpc) is 2.69. The Labute approximate surface area is 103 Å². The van der Waals surface area contributed by atoms with Crippen molar-refractivity contribution in [2.75, 3.05) is 5.73 Å². The van der Waals surface area contributed by atoms with Crippen LogP contribution >= 0.6 is 0 Å². The van der Waals surface area contributed by atoms with E-state index in [-0.39, 0.29) is 0 Å². The number of nitrogens with zero attached hydrogens (tertiary/aromatic N) is 1. The number of rotatable bonds is 2. The highest BCUT2D eigenvalue weighted by Crippen LogP contribution is 2.31. The maximum absolute atomic E-state index is 12.4. The maximum Gasteiger partial charge on any atom is 0.416 e. The second kappa shape index (κ2) is 4.40. The monoisotopic (exact) mass is 254 g/mol. The van der Waals surface area contributed by atoms with Crippen molar-refractivity contribution in [1.29, 1.82) is 0 Å². The van der Waals surface area contributed by atoms with Crippen LogP contribution in [-0.4, -0.2) is 4.57 Å². The molecular weight excluding hydrogens is 241 g/mol. The zero-order valence-corrected chi connectivity index (χ0v) is 9.83. The summed E-state index contributed by atoms with van der Waals surface area (Å²) in [5.74, 6) is 0.604. The van der Waals surface area contributed by atoms with Gasteiger partial charge in [0.2, 0.25) is 0 Å². The quantitative estimate of drug-likeness (QED) is 0.868. The molecule has 5 heteroatoms. The SMILES string of the molecule is CCn1cc(-c2ccc(C(F)(F)F)cc2)cc1N. The van der Waals surface area contributed by atoms with Crippen LogP contribution in [0.4, 0.5) is 19.0 Å². The lowest BCUT2D eigenvalue weighted by Gasteiger charge is -2.06. The number of hydrogen-bond acceptors (Lipinski definition) is 1. The third-order valence-electron chi connectivity index (χ3n) is 2.82. The predicted octanol–water partition coefficient (Wildman–Crippen LogP) is 3.78. The summed E-state index contributed by atoms with van der Waals surface area (Å²) in [4.78, 5) is 0. The lowest BCUT2D eigenvalue weighted by atomic mass is 10.1. The van der Waals surface area contributed by atoms with Gasteiger partial charge in [-0.15, -0.1) is 0 Å². The molecule has 0 saturated carbocycles. The van der Waals surface area contributed by atoms with Gasteiger partial charge in [0.15, 0.2) is 0 Å². The smallest absolute Gasteiger partial charge is 0.385 e. The fourth-order valence-corrected chi connectivity index (χ4v) is 1.81. The standard InChI is InChI=1S/C13H13F3N2/c1-2-18-8-10(7-12(18)17)9-3-5-11(6-4-9)13(14,15)16/h3-8H,2,17H2,1H3. The minimum Gasteiger partial charge on any atom is -0.385 e. The fourth-order valence-electron chi connectivity index (χ4n) is 1.81. The summed E-state index contributed by atoms with van der Waals surface area (Å²) in [5, 5.41) is 0. The Hall–Kier alpha value is -1.91. The van der Waals surface area contributed by atoms with Crippen molar-refractivity contribution in [1.82, 2.24) is 4.57 Å². The summed E-state index contributed by atoms with van der Waals surface area (Å²) in [6.07, 6.45) is -2.47. The molecule has 0 amide bonds. The van der Waals surface area contributed by atoms with Gasteiger partial charge in [0.25, 0.3) is 0 Å². The van der Waals surface area contributed by atoms with Gasteiger partial charge < -0.3 is 10.3 Å². The molecule has 2 nitrogen and oxygen atoms in total. The van der Waals surface area contributed by atoms with E-state index in [1.807, 2.05) is 17.7 Å². The Morgan fingerprint density at radius 1 is 1.11 bits per heavy atom. The topological polar surface area (TPSA) is 30.9 Å². The van der Waals surface area contributed by atoms with E-state index in [0.29, 0.717) is 5.82 Å². The lowest BCUT2D eigenvalue weighted by molar-refractivity contribution is -0.137. The Morgan fingerprint density at radius 3 is 2.17 bits per heavy atom. The number of hydrogen-bond donors (Lipinski definition) is 1. The number of aromatic nitrogens is 1. The van der Waals surface area contributed by atoms with Gasteiger partial charge in [0.1, 0.15) is 5.82 Å². The van der Waals surface area contributed by atoms with Crippen LogP contribution < -0.4 is 5.73 Å². The van der Waals surface area contributed by atoms with Crippen LogP contribution in [0.5, 0.6) is 0 Å². The Balaban J connectivity index is 2.34. The second-order valence-corrected chi connectivity index (χ2v) is 4.01. The molecule has 0 fully saturated rings. The first-order valence-corrected chi connectivity index (χ1v) is 5.55. The van der Waals surface area contributed by atoms with Gasteiger partial charge in [-0.25, -0.2) is 0 Å². The predicted molar refractivity (Wildman–Crippen MR) is 65.0 cm³/mol. The van der Waals surface area contributed by atoms with E-state index in [9.17, 15) is 13.2 Å². The minimum atomic E-state index is -4.30. The Kier molecular flexibility index (Phi) is 3.07. The summed E-state index contributed by atoms with van der Waals surface area (Å²) in [6, 6.07) is 6.82. The van der Waals surface area contributed by atoms with Crippen molar-refractivity contribution in [3.05, 3.63) is 42.1 Å². The molecule has 0 aliphatic rings. The summed E-state index contributed by atoms with van der Waals surface area (Å²) < 4.78 is 39.1. The second-order valence-electron chi connectivity index (χ2n) is 4.01. The molecule has 0 unspecified atom stereocenters. The Morgan fingerprint density at radius 2 is 1.72 bits per heavy atom. The maximum atomic E-state index is 12.4. The molecule has 2 rings (SSSR count). The molecule has 2 N–H and O–H groups in total. The lowest BCUT2D eigenvalue weighted by Crippen LogP contribution is -2.03. The molecule has 0 radical (unpaired) electrons. The molecule has 1 aromatic carbocycles. The third-order valence-corrected chi connectivity index (χ3v) is 2.82. The van der Waals surface area contributed by atoms with Crippen molar-refractivity contribution in [3.63, 3.8) is 0 Å². The average molecular weight is 254 g/mol. The number of aryl methyl sites for hydroxylation is 1.